The molecule has 0 aliphatic heterocycles. The molecule has 2 heterocycles. The summed E-state index contributed by atoms with van der Waals surface area (Å²) in [6.07, 6.45) is 0.0355. The van der Waals surface area contributed by atoms with E-state index in [9.17, 15) is 18.0 Å². The Morgan fingerprint density at radius 1 is 1.11 bits per heavy atom. The summed E-state index contributed by atoms with van der Waals surface area (Å²) in [5, 5.41) is 6.42. The third-order valence-electron chi connectivity index (χ3n) is 5.81. The number of imidazole rings is 1. The second-order valence-electron chi connectivity index (χ2n) is 8.86. The minimum Gasteiger partial charge on any atom is -0.369 e. The first kappa shape index (κ1) is 26.6. The van der Waals surface area contributed by atoms with Gasteiger partial charge < -0.3 is 21.3 Å². The van der Waals surface area contributed by atoms with Crippen LogP contribution in [0.4, 0.5) is 30.6 Å². The van der Waals surface area contributed by atoms with E-state index in [2.05, 4.69) is 25.6 Å². The van der Waals surface area contributed by atoms with Gasteiger partial charge in [-0.1, -0.05) is 18.2 Å². The summed E-state index contributed by atoms with van der Waals surface area (Å²) in [6, 6.07) is 9.89. The quantitative estimate of drug-likeness (QED) is 0.296. The molecule has 0 aliphatic rings. The van der Waals surface area contributed by atoms with Crippen molar-refractivity contribution < 1.29 is 18.0 Å². The van der Waals surface area contributed by atoms with Gasteiger partial charge in [0.1, 0.15) is 18.0 Å². The first-order valence-corrected chi connectivity index (χ1v) is 11.7. The van der Waals surface area contributed by atoms with Gasteiger partial charge in [0.15, 0.2) is 0 Å². The molecule has 0 bridgehead atoms. The monoisotopic (exact) mass is 524 g/mol. The summed E-state index contributed by atoms with van der Waals surface area (Å²) in [4.78, 5) is 27.0. The van der Waals surface area contributed by atoms with Crippen LogP contribution in [0.25, 0.3) is 16.9 Å². The molecule has 2 aromatic carbocycles. The number of nitrogens with zero attached hydrogens (tertiary/aromatic N) is 5. The van der Waals surface area contributed by atoms with E-state index in [-0.39, 0.29) is 16.7 Å². The molecule has 0 fully saturated rings. The number of anilines is 3. The van der Waals surface area contributed by atoms with Crippen molar-refractivity contribution in [3.05, 3.63) is 77.9 Å². The van der Waals surface area contributed by atoms with Crippen LogP contribution < -0.4 is 16.4 Å². The van der Waals surface area contributed by atoms with Crippen LogP contribution in [0, 0.1) is 6.92 Å². The summed E-state index contributed by atoms with van der Waals surface area (Å²) in [7, 11) is 3.95. The van der Waals surface area contributed by atoms with Crippen LogP contribution in [0.1, 0.15) is 21.5 Å². The molecule has 2 aromatic heterocycles. The van der Waals surface area contributed by atoms with Crippen LogP contribution in [-0.2, 0) is 6.18 Å². The lowest BCUT2D eigenvalue weighted by molar-refractivity contribution is -0.137. The molecule has 12 heteroatoms. The Labute approximate surface area is 217 Å². The predicted molar refractivity (Wildman–Crippen MR) is 140 cm³/mol. The molecular weight excluding hydrogens is 497 g/mol. The molecule has 198 valence electrons. The Hall–Kier alpha value is -4.45. The smallest absolute Gasteiger partial charge is 0.369 e. The van der Waals surface area contributed by atoms with Crippen molar-refractivity contribution in [3.8, 4) is 16.9 Å². The minimum absolute atomic E-state index is 0.187. The van der Waals surface area contributed by atoms with E-state index in [1.54, 1.807) is 35.2 Å². The summed E-state index contributed by atoms with van der Waals surface area (Å²) >= 11 is 0. The fraction of sp³-hybridized carbons (Fsp3) is 0.231. The van der Waals surface area contributed by atoms with Crippen molar-refractivity contribution in [1.29, 1.82) is 0 Å². The Balaban J connectivity index is 1.69. The number of aryl methyl sites for hydroxylation is 1. The maximum absolute atomic E-state index is 13.9. The zero-order valence-corrected chi connectivity index (χ0v) is 21.0. The first-order chi connectivity index (χ1) is 18.0. The van der Waals surface area contributed by atoms with Crippen LogP contribution in [0.2, 0.25) is 0 Å². The number of nitrogens with two attached hydrogens (primary N) is 1. The van der Waals surface area contributed by atoms with E-state index in [4.69, 9.17) is 5.73 Å². The van der Waals surface area contributed by atoms with Crippen LogP contribution >= 0.6 is 0 Å². The maximum atomic E-state index is 13.9. The van der Waals surface area contributed by atoms with Gasteiger partial charge in [0.2, 0.25) is 11.9 Å². The number of likely N-dealkylation sites (N-methyl/N-ethyl adjacent to an activating group) is 1. The molecule has 38 heavy (non-hydrogen) atoms. The zero-order chi connectivity index (χ0) is 27.4. The number of primary amides is 1. The fourth-order valence-corrected chi connectivity index (χ4v) is 3.90. The third kappa shape index (κ3) is 5.92. The van der Waals surface area contributed by atoms with Gasteiger partial charge in [0.05, 0.1) is 5.56 Å². The zero-order valence-electron chi connectivity index (χ0n) is 21.0. The number of benzene rings is 2. The summed E-state index contributed by atoms with van der Waals surface area (Å²) < 4.78 is 43.3. The normalized spacial score (nSPS) is 11.6. The van der Waals surface area contributed by atoms with E-state index >= 15 is 0 Å². The largest absolute Gasteiger partial charge is 0.417 e. The SMILES string of the molecule is Cc1ccc(-c2c(C(N)=O)cccc2C(F)(F)F)cc1Nc1nccn1-c1cc(NCCN(C)C)ncn1. The number of carbonyl (C=O) groups is 1. The fourth-order valence-electron chi connectivity index (χ4n) is 3.90. The third-order valence-corrected chi connectivity index (χ3v) is 5.81. The maximum Gasteiger partial charge on any atom is 0.417 e. The molecule has 4 N–H and O–H groups in total. The van der Waals surface area contributed by atoms with Gasteiger partial charge in [-0.3, -0.25) is 9.36 Å². The lowest BCUT2D eigenvalue weighted by Gasteiger charge is -2.18. The first-order valence-electron chi connectivity index (χ1n) is 11.7. The van der Waals surface area contributed by atoms with Crippen molar-refractivity contribution in [2.45, 2.75) is 13.1 Å². The highest BCUT2D eigenvalue weighted by molar-refractivity contribution is 6.01. The van der Waals surface area contributed by atoms with Gasteiger partial charge in [-0.15, -0.1) is 0 Å². The molecular formula is C26H27F3N8O. The Morgan fingerprint density at radius 3 is 2.61 bits per heavy atom. The number of amides is 1. The molecule has 0 unspecified atom stereocenters. The van der Waals surface area contributed by atoms with Crippen molar-refractivity contribution in [2.75, 3.05) is 37.8 Å². The molecule has 0 spiro atoms. The van der Waals surface area contributed by atoms with Gasteiger partial charge in [-0.2, -0.15) is 13.2 Å². The van der Waals surface area contributed by atoms with Crippen molar-refractivity contribution in [2.24, 2.45) is 5.73 Å². The molecule has 4 rings (SSSR count). The van der Waals surface area contributed by atoms with Gasteiger partial charge in [0, 0.05) is 48.4 Å². The number of hydrogen-bond acceptors (Lipinski definition) is 7. The van der Waals surface area contributed by atoms with Gasteiger partial charge in [0.25, 0.3) is 0 Å². The molecule has 4 aromatic rings. The predicted octanol–water partition coefficient (Wildman–Crippen LogP) is 4.47. The standard InChI is InChI=1S/C26H27F3N8O/c1-16-7-8-17(23-18(24(30)38)5-4-6-19(23)26(27,28)29)13-20(16)35-25-32-10-12-37(25)22-14-21(33-15-34-22)31-9-11-36(2)3/h4-8,10,12-15H,9,11H2,1-3H3,(H2,30,38)(H,32,35)(H,31,33,34). The number of halogens is 3. The van der Waals surface area contributed by atoms with E-state index < -0.39 is 17.6 Å². The average Bonchev–Trinajstić information content (AvgIpc) is 3.32. The van der Waals surface area contributed by atoms with Crippen LogP contribution in [0.15, 0.2) is 61.2 Å². The Bertz CT molecular complexity index is 1450. The van der Waals surface area contributed by atoms with Crippen LogP contribution in [0.5, 0.6) is 0 Å². The van der Waals surface area contributed by atoms with E-state index in [1.807, 2.05) is 25.9 Å². The second kappa shape index (κ2) is 10.9. The number of carbonyl (C=O) groups excluding carboxylic acids is 1. The Kier molecular flexibility index (Phi) is 7.62. The molecule has 1 amide bonds. The molecule has 0 aliphatic carbocycles. The molecule has 0 saturated heterocycles. The lowest BCUT2D eigenvalue weighted by Crippen LogP contribution is -2.21. The Morgan fingerprint density at radius 2 is 1.89 bits per heavy atom. The number of alkyl halides is 3. The summed E-state index contributed by atoms with van der Waals surface area (Å²) in [5.74, 6) is 0.620. The van der Waals surface area contributed by atoms with Crippen molar-refractivity contribution >= 4 is 23.4 Å². The highest BCUT2D eigenvalue weighted by Crippen LogP contribution is 2.40. The van der Waals surface area contributed by atoms with Gasteiger partial charge in [-0.25, -0.2) is 15.0 Å². The number of nitrogens with one attached hydrogen (secondary N) is 2. The van der Waals surface area contributed by atoms with Crippen molar-refractivity contribution in [1.82, 2.24) is 24.4 Å². The topological polar surface area (TPSA) is 114 Å². The van der Waals surface area contributed by atoms with E-state index in [0.717, 1.165) is 18.2 Å². The van der Waals surface area contributed by atoms with Crippen LogP contribution in [0.3, 0.4) is 0 Å². The number of hydrogen-bond donors (Lipinski definition) is 3. The average molecular weight is 525 g/mol. The molecule has 0 saturated carbocycles. The molecule has 0 atom stereocenters. The lowest BCUT2D eigenvalue weighted by atomic mass is 9.92. The number of aromatic nitrogens is 4. The molecule has 9 nitrogen and oxygen atoms in total. The van der Waals surface area contributed by atoms with Crippen LogP contribution in [-0.4, -0.2) is 57.5 Å². The van der Waals surface area contributed by atoms with Gasteiger partial charge in [-0.05, 0) is 50.3 Å². The minimum atomic E-state index is -4.68. The highest BCUT2D eigenvalue weighted by Gasteiger charge is 2.35. The van der Waals surface area contributed by atoms with E-state index in [1.165, 1.54) is 24.5 Å². The highest BCUT2D eigenvalue weighted by atomic mass is 19.4. The van der Waals surface area contributed by atoms with E-state index in [0.29, 0.717) is 29.8 Å². The summed E-state index contributed by atoms with van der Waals surface area (Å²) in [5.41, 5.74) is 5.43. The second-order valence-corrected chi connectivity index (χ2v) is 8.86. The summed E-state index contributed by atoms with van der Waals surface area (Å²) in [6.45, 7) is 3.32. The number of rotatable bonds is 9. The van der Waals surface area contributed by atoms with Crippen molar-refractivity contribution in [3.63, 3.8) is 0 Å². The molecule has 0 radical (unpaired) electrons. The van der Waals surface area contributed by atoms with Gasteiger partial charge >= 0.3 is 6.18 Å².